The van der Waals surface area contributed by atoms with Crippen LogP contribution in [0.15, 0.2) is 30.3 Å². The highest BCUT2D eigenvalue weighted by Gasteiger charge is 2.39. The van der Waals surface area contributed by atoms with E-state index in [1.807, 2.05) is 30.3 Å². The largest absolute Gasteiger partial charge is 0.465 e. The first-order chi connectivity index (χ1) is 11.0. The highest BCUT2D eigenvalue weighted by atomic mass is 32.2. The third-order valence-corrected chi connectivity index (χ3v) is 4.33. The molecular weight excluding hydrogens is 326 g/mol. The summed E-state index contributed by atoms with van der Waals surface area (Å²) in [5, 5.41) is 20.4. The zero-order chi connectivity index (χ0) is 16.8. The number of benzene rings is 1. The fourth-order valence-corrected chi connectivity index (χ4v) is 3.38. The van der Waals surface area contributed by atoms with Crippen LogP contribution < -0.4 is 5.32 Å². The third-order valence-electron chi connectivity index (χ3n) is 3.27. The van der Waals surface area contributed by atoms with E-state index < -0.39 is 24.0 Å². The quantitative estimate of drug-likeness (QED) is 0.570. The van der Waals surface area contributed by atoms with Crippen LogP contribution in [0.5, 0.6) is 0 Å². The fraction of sp³-hybridized carbons (Fsp3) is 0.385. The molecule has 0 spiro atoms. The molecule has 2 atom stereocenters. The summed E-state index contributed by atoms with van der Waals surface area (Å²) in [6.07, 6.45) is -1.54. The molecule has 1 saturated heterocycles. The van der Waals surface area contributed by atoms with E-state index >= 15 is 0 Å². The Bertz CT molecular complexity index is 584. The van der Waals surface area contributed by atoms with Crippen molar-refractivity contribution in [2.75, 3.05) is 13.2 Å². The number of thioether (sulfide) groups is 1. The van der Waals surface area contributed by atoms with Crippen LogP contribution in [-0.4, -0.2) is 51.0 Å². The lowest BCUT2D eigenvalue weighted by Crippen LogP contribution is -2.52. The highest BCUT2D eigenvalue weighted by Crippen LogP contribution is 2.28. The van der Waals surface area contributed by atoms with Gasteiger partial charge in [-0.2, -0.15) is 0 Å². The zero-order valence-corrected chi connectivity index (χ0v) is 12.8. The number of hydrogen-bond donors (Lipinski definition) is 2. The molecule has 1 aliphatic rings. The van der Waals surface area contributed by atoms with E-state index in [1.54, 1.807) is 0 Å². The molecule has 0 aliphatic carbocycles. The van der Waals surface area contributed by atoms with Crippen LogP contribution in [0.3, 0.4) is 0 Å². The minimum absolute atomic E-state index is 0.215. The van der Waals surface area contributed by atoms with Crippen molar-refractivity contribution in [1.29, 1.82) is 0 Å². The van der Waals surface area contributed by atoms with Crippen LogP contribution in [0.4, 0.5) is 9.59 Å². The molecule has 2 N–H and O–H groups in total. The summed E-state index contributed by atoms with van der Waals surface area (Å²) < 4.78 is 0. The van der Waals surface area contributed by atoms with E-state index in [1.165, 1.54) is 0 Å². The molecule has 10 heteroatoms. The van der Waals surface area contributed by atoms with Crippen molar-refractivity contribution < 1.29 is 24.6 Å². The first kappa shape index (κ1) is 16.9. The lowest BCUT2D eigenvalue weighted by Gasteiger charge is -2.29. The smallest absolute Gasteiger partial charge is 0.409 e. The van der Waals surface area contributed by atoms with Gasteiger partial charge in [0.1, 0.15) is 12.8 Å². The molecule has 2 amide bonds. The van der Waals surface area contributed by atoms with Crippen molar-refractivity contribution in [2.24, 2.45) is 0 Å². The molecule has 0 aromatic heterocycles. The van der Waals surface area contributed by atoms with Crippen LogP contribution in [0.2, 0.25) is 0 Å². The summed E-state index contributed by atoms with van der Waals surface area (Å²) in [6.45, 7) is -0.610. The van der Waals surface area contributed by atoms with Gasteiger partial charge in [0.25, 0.3) is 10.3 Å². The first-order valence-electron chi connectivity index (χ1n) is 6.75. The van der Waals surface area contributed by atoms with E-state index in [0.717, 1.165) is 22.2 Å². The number of amides is 2. The Balaban J connectivity index is 2.06. The van der Waals surface area contributed by atoms with Crippen molar-refractivity contribution in [3.8, 4) is 0 Å². The normalized spacial score (nSPS) is 19.9. The average Bonchev–Trinajstić information content (AvgIpc) is 2.84. The maximum atomic E-state index is 11.7. The Morgan fingerprint density at radius 3 is 2.74 bits per heavy atom. The molecule has 23 heavy (non-hydrogen) atoms. The van der Waals surface area contributed by atoms with E-state index in [0.29, 0.717) is 6.42 Å². The van der Waals surface area contributed by atoms with Crippen LogP contribution in [0.1, 0.15) is 5.56 Å². The lowest BCUT2D eigenvalue weighted by molar-refractivity contribution is -0.757. The van der Waals surface area contributed by atoms with Gasteiger partial charge in [-0.3, -0.25) is 9.69 Å². The number of carboxylic acid groups (broad SMARTS) is 1. The van der Waals surface area contributed by atoms with Crippen LogP contribution in [-0.2, 0) is 11.3 Å². The summed E-state index contributed by atoms with van der Waals surface area (Å²) >= 11 is 1.02. The molecule has 1 aliphatic heterocycles. The minimum Gasteiger partial charge on any atom is -0.465 e. The Morgan fingerprint density at radius 1 is 1.43 bits per heavy atom. The zero-order valence-electron chi connectivity index (χ0n) is 12.0. The second kappa shape index (κ2) is 7.68. The molecule has 2 rings (SSSR count). The molecule has 1 aromatic carbocycles. The molecule has 0 radical (unpaired) electrons. The maximum Gasteiger partial charge on any atom is 0.409 e. The van der Waals surface area contributed by atoms with Gasteiger partial charge in [-0.05, 0) is 12.0 Å². The second-order valence-electron chi connectivity index (χ2n) is 4.76. The third kappa shape index (κ3) is 4.74. The molecule has 1 aromatic rings. The Labute approximate surface area is 135 Å². The molecule has 124 valence electrons. The van der Waals surface area contributed by atoms with Crippen LogP contribution in [0, 0.1) is 10.1 Å². The number of nitrogens with one attached hydrogen (secondary N) is 1. The number of carbonyl (C=O) groups is 2. The predicted octanol–water partition coefficient (Wildman–Crippen LogP) is 1.57. The van der Waals surface area contributed by atoms with Gasteiger partial charge in [0, 0.05) is 6.54 Å². The number of rotatable bonds is 7. The Kier molecular flexibility index (Phi) is 5.63. The van der Waals surface area contributed by atoms with E-state index in [9.17, 15) is 24.8 Å². The van der Waals surface area contributed by atoms with E-state index in [-0.39, 0.29) is 17.0 Å². The van der Waals surface area contributed by atoms with Gasteiger partial charge in [0.2, 0.25) is 0 Å². The van der Waals surface area contributed by atoms with Gasteiger partial charge in [-0.25, -0.2) is 4.79 Å². The number of nitrogens with zero attached hydrogens (tertiary/aromatic N) is 2. The van der Waals surface area contributed by atoms with Gasteiger partial charge in [0.05, 0.1) is 5.25 Å². The molecule has 2 unspecified atom stereocenters. The second-order valence-corrected chi connectivity index (χ2v) is 5.97. The van der Waals surface area contributed by atoms with Crippen molar-refractivity contribution >= 4 is 23.1 Å². The fourth-order valence-electron chi connectivity index (χ4n) is 2.30. The monoisotopic (exact) mass is 341 g/mol. The van der Waals surface area contributed by atoms with Gasteiger partial charge in [0.15, 0.2) is 0 Å². The van der Waals surface area contributed by atoms with Crippen molar-refractivity contribution in [3.63, 3.8) is 0 Å². The minimum atomic E-state index is -1.28. The van der Waals surface area contributed by atoms with Gasteiger partial charge in [-0.15, -0.1) is 10.1 Å². The maximum absolute atomic E-state index is 11.7. The van der Waals surface area contributed by atoms with Crippen molar-refractivity contribution in [1.82, 2.24) is 10.2 Å². The SMILES string of the molecule is O=C1NC(N(CCO[N+](=O)[O-])C(=O)O)C(Cc2ccccc2)S1. The van der Waals surface area contributed by atoms with Gasteiger partial charge in [-0.1, -0.05) is 42.1 Å². The molecule has 0 bridgehead atoms. The van der Waals surface area contributed by atoms with Crippen molar-refractivity contribution in [2.45, 2.75) is 17.8 Å². The summed E-state index contributed by atoms with van der Waals surface area (Å²) in [4.78, 5) is 38.3. The number of hydrogen-bond acceptors (Lipinski definition) is 6. The molecule has 9 nitrogen and oxygen atoms in total. The summed E-state index contributed by atoms with van der Waals surface area (Å²) in [6, 6.07) is 9.37. The Morgan fingerprint density at radius 2 is 2.13 bits per heavy atom. The predicted molar refractivity (Wildman–Crippen MR) is 81.5 cm³/mol. The lowest BCUT2D eigenvalue weighted by atomic mass is 10.1. The van der Waals surface area contributed by atoms with Crippen LogP contribution >= 0.6 is 11.8 Å². The topological polar surface area (TPSA) is 122 Å². The summed E-state index contributed by atoms with van der Waals surface area (Å²) in [7, 11) is 0. The van der Waals surface area contributed by atoms with Crippen molar-refractivity contribution in [3.05, 3.63) is 46.0 Å². The molecule has 0 saturated carbocycles. The molecule has 1 fully saturated rings. The van der Waals surface area contributed by atoms with E-state index in [2.05, 4.69) is 10.2 Å². The van der Waals surface area contributed by atoms with E-state index in [4.69, 9.17) is 0 Å². The Hall–Kier alpha value is -2.49. The van der Waals surface area contributed by atoms with Gasteiger partial charge >= 0.3 is 6.09 Å². The first-order valence-corrected chi connectivity index (χ1v) is 7.63. The van der Waals surface area contributed by atoms with Crippen LogP contribution in [0.25, 0.3) is 0 Å². The highest BCUT2D eigenvalue weighted by molar-refractivity contribution is 8.14. The average molecular weight is 341 g/mol. The summed E-state index contributed by atoms with van der Waals surface area (Å²) in [5.74, 6) is 0. The summed E-state index contributed by atoms with van der Waals surface area (Å²) in [5.41, 5.74) is 0.971. The molecule has 1 heterocycles. The standard InChI is InChI=1S/C13H15N3O6S/c17-12-14-11(15(13(18)19)6-7-22-16(20)21)10(23-12)8-9-4-2-1-3-5-9/h1-5,10-11H,6-8H2,(H,14,17)(H,18,19). The van der Waals surface area contributed by atoms with Gasteiger partial charge < -0.3 is 15.3 Å². The number of carbonyl (C=O) groups excluding carboxylic acids is 1. The molecular formula is C13H15N3O6S.